The van der Waals surface area contributed by atoms with Gasteiger partial charge in [-0.2, -0.15) is 0 Å². The van der Waals surface area contributed by atoms with Gasteiger partial charge < -0.3 is 14.5 Å². The Morgan fingerprint density at radius 3 is 2.41 bits per heavy atom. The smallest absolute Gasteiger partial charge is 0.257 e. The minimum atomic E-state index is -0.134. The zero-order chi connectivity index (χ0) is 21.1. The van der Waals surface area contributed by atoms with E-state index in [4.69, 9.17) is 27.9 Å². The van der Waals surface area contributed by atoms with E-state index in [1.165, 1.54) is 7.11 Å². The molecule has 2 aromatic carbocycles. The van der Waals surface area contributed by atoms with Gasteiger partial charge in [-0.05, 0) is 55.7 Å². The summed E-state index contributed by atoms with van der Waals surface area (Å²) in [6.45, 7) is 2.94. The van der Waals surface area contributed by atoms with Gasteiger partial charge in [0, 0.05) is 41.8 Å². The molecule has 1 fully saturated rings. The first-order valence-electron chi connectivity index (χ1n) is 9.48. The molecule has 0 unspecified atom stereocenters. The minimum Gasteiger partial charge on any atom is -0.496 e. The molecule has 1 saturated heterocycles. The van der Waals surface area contributed by atoms with Gasteiger partial charge in [0.05, 0.1) is 12.7 Å². The Hall–Kier alpha value is -2.24. The van der Waals surface area contributed by atoms with Gasteiger partial charge in [0.2, 0.25) is 5.91 Å². The zero-order valence-electron chi connectivity index (χ0n) is 16.7. The van der Waals surface area contributed by atoms with Crippen LogP contribution >= 0.6 is 23.2 Å². The molecular formula is C22H24Cl2N2O3. The van der Waals surface area contributed by atoms with Crippen LogP contribution < -0.4 is 9.64 Å². The number of anilines is 1. The van der Waals surface area contributed by atoms with Crippen LogP contribution in [0, 0.1) is 12.8 Å². The van der Waals surface area contributed by atoms with E-state index in [0.29, 0.717) is 47.3 Å². The molecule has 154 valence electrons. The molecule has 29 heavy (non-hydrogen) atoms. The lowest BCUT2D eigenvalue weighted by Crippen LogP contribution is -2.43. The molecule has 0 saturated carbocycles. The Bertz CT molecular complexity index is 924. The molecule has 0 spiro atoms. The Morgan fingerprint density at radius 2 is 1.79 bits per heavy atom. The number of aryl methyl sites for hydroxylation is 1. The molecule has 0 aliphatic carbocycles. The van der Waals surface area contributed by atoms with Gasteiger partial charge in [-0.25, -0.2) is 0 Å². The molecule has 1 aliphatic rings. The largest absolute Gasteiger partial charge is 0.496 e. The summed E-state index contributed by atoms with van der Waals surface area (Å²) in [6.07, 6.45) is 1.22. The Kier molecular flexibility index (Phi) is 6.70. The Balaban J connectivity index is 1.65. The van der Waals surface area contributed by atoms with E-state index in [9.17, 15) is 9.59 Å². The predicted molar refractivity (Wildman–Crippen MR) is 116 cm³/mol. The number of benzene rings is 2. The molecule has 0 radical (unpaired) electrons. The van der Waals surface area contributed by atoms with Crippen LogP contribution in [0.3, 0.4) is 0 Å². The van der Waals surface area contributed by atoms with Crippen LogP contribution in [0.4, 0.5) is 5.69 Å². The van der Waals surface area contributed by atoms with E-state index < -0.39 is 0 Å². The molecule has 0 aromatic heterocycles. The number of piperidine rings is 1. The topological polar surface area (TPSA) is 49.9 Å². The van der Waals surface area contributed by atoms with Gasteiger partial charge in [0.25, 0.3) is 5.91 Å². The number of methoxy groups -OCH3 is 1. The first kappa shape index (κ1) is 21.5. The molecule has 0 atom stereocenters. The SMILES string of the molecule is COc1ccc(Cl)cc1C(=O)N1CCC(C(=O)N(C)c2ccc(C)c(Cl)c2)CC1. The maximum absolute atomic E-state index is 12.9. The number of halogens is 2. The maximum Gasteiger partial charge on any atom is 0.257 e. The second kappa shape index (κ2) is 9.06. The third kappa shape index (κ3) is 4.68. The average Bonchev–Trinajstić information content (AvgIpc) is 2.74. The maximum atomic E-state index is 12.9. The second-order valence-corrected chi connectivity index (χ2v) is 8.09. The number of nitrogens with zero attached hydrogens (tertiary/aromatic N) is 2. The van der Waals surface area contributed by atoms with Crippen LogP contribution in [-0.4, -0.2) is 44.0 Å². The van der Waals surface area contributed by atoms with Crippen LogP contribution in [0.25, 0.3) is 0 Å². The Labute approximate surface area is 181 Å². The average molecular weight is 435 g/mol. The summed E-state index contributed by atoms with van der Waals surface area (Å²) < 4.78 is 5.29. The van der Waals surface area contributed by atoms with Crippen LogP contribution in [0.1, 0.15) is 28.8 Å². The molecule has 0 bridgehead atoms. The molecule has 1 heterocycles. The summed E-state index contributed by atoms with van der Waals surface area (Å²) in [4.78, 5) is 29.2. The normalized spacial score (nSPS) is 14.6. The van der Waals surface area contributed by atoms with Gasteiger partial charge in [-0.3, -0.25) is 9.59 Å². The Morgan fingerprint density at radius 1 is 1.10 bits per heavy atom. The third-order valence-electron chi connectivity index (χ3n) is 5.40. The van der Waals surface area contributed by atoms with Crippen molar-refractivity contribution in [2.75, 3.05) is 32.1 Å². The number of hydrogen-bond donors (Lipinski definition) is 0. The fourth-order valence-electron chi connectivity index (χ4n) is 3.54. The summed E-state index contributed by atoms with van der Waals surface area (Å²) in [5.41, 5.74) is 2.18. The van der Waals surface area contributed by atoms with E-state index in [-0.39, 0.29) is 17.7 Å². The number of hydrogen-bond acceptors (Lipinski definition) is 3. The fourth-order valence-corrected chi connectivity index (χ4v) is 3.89. The van der Waals surface area contributed by atoms with Crippen molar-refractivity contribution in [2.45, 2.75) is 19.8 Å². The third-order valence-corrected chi connectivity index (χ3v) is 6.04. The van der Waals surface area contributed by atoms with Crippen molar-refractivity contribution in [3.63, 3.8) is 0 Å². The summed E-state index contributed by atoms with van der Waals surface area (Å²) >= 11 is 12.2. The molecule has 5 nitrogen and oxygen atoms in total. The number of likely N-dealkylation sites (tertiary alicyclic amines) is 1. The number of rotatable bonds is 4. The highest BCUT2D eigenvalue weighted by Crippen LogP contribution is 2.29. The monoisotopic (exact) mass is 434 g/mol. The number of carbonyl (C=O) groups is 2. The molecular weight excluding hydrogens is 411 g/mol. The van der Waals surface area contributed by atoms with E-state index in [1.54, 1.807) is 41.1 Å². The molecule has 7 heteroatoms. The second-order valence-electron chi connectivity index (χ2n) is 7.24. The van der Waals surface area contributed by atoms with Gasteiger partial charge in [-0.15, -0.1) is 0 Å². The molecule has 2 amide bonds. The number of ether oxygens (including phenoxy) is 1. The van der Waals surface area contributed by atoms with E-state index in [0.717, 1.165) is 11.3 Å². The van der Waals surface area contributed by atoms with Crippen molar-refractivity contribution in [3.05, 3.63) is 57.6 Å². The lowest BCUT2D eigenvalue weighted by Gasteiger charge is -2.33. The summed E-state index contributed by atoms with van der Waals surface area (Å²) in [5.74, 6) is 0.269. The minimum absolute atomic E-state index is 0.0392. The van der Waals surface area contributed by atoms with E-state index >= 15 is 0 Å². The van der Waals surface area contributed by atoms with Crippen molar-refractivity contribution in [1.29, 1.82) is 0 Å². The highest BCUT2D eigenvalue weighted by atomic mass is 35.5. The highest BCUT2D eigenvalue weighted by molar-refractivity contribution is 6.31. The van der Waals surface area contributed by atoms with Crippen molar-refractivity contribution in [1.82, 2.24) is 4.90 Å². The van der Waals surface area contributed by atoms with E-state index in [1.807, 2.05) is 19.1 Å². The van der Waals surface area contributed by atoms with Crippen LogP contribution in [0.5, 0.6) is 5.75 Å². The van der Waals surface area contributed by atoms with Crippen LogP contribution in [-0.2, 0) is 4.79 Å². The van der Waals surface area contributed by atoms with Crippen molar-refractivity contribution < 1.29 is 14.3 Å². The summed E-state index contributed by atoms with van der Waals surface area (Å²) in [5, 5.41) is 1.12. The lowest BCUT2D eigenvalue weighted by atomic mass is 9.94. The van der Waals surface area contributed by atoms with Crippen molar-refractivity contribution >= 4 is 40.7 Å². The lowest BCUT2D eigenvalue weighted by molar-refractivity contribution is -0.123. The van der Waals surface area contributed by atoms with Gasteiger partial charge >= 0.3 is 0 Å². The fraction of sp³-hybridized carbons (Fsp3) is 0.364. The quantitative estimate of drug-likeness (QED) is 0.692. The predicted octanol–water partition coefficient (Wildman–Crippen LogP) is 4.83. The number of amides is 2. The zero-order valence-corrected chi connectivity index (χ0v) is 18.3. The standard InChI is InChI=1S/C22H24Cl2N2O3/c1-14-4-6-17(13-19(14)24)25(2)21(27)15-8-10-26(11-9-15)22(28)18-12-16(23)5-7-20(18)29-3/h4-7,12-13,15H,8-11H2,1-3H3. The van der Waals surface area contributed by atoms with Crippen molar-refractivity contribution in [2.24, 2.45) is 5.92 Å². The van der Waals surface area contributed by atoms with Gasteiger partial charge in [0.15, 0.2) is 0 Å². The molecule has 3 rings (SSSR count). The molecule has 0 N–H and O–H groups in total. The summed E-state index contributed by atoms with van der Waals surface area (Å²) in [6, 6.07) is 10.6. The molecule has 1 aliphatic heterocycles. The number of carbonyl (C=O) groups excluding carboxylic acids is 2. The van der Waals surface area contributed by atoms with Crippen LogP contribution in [0.15, 0.2) is 36.4 Å². The highest BCUT2D eigenvalue weighted by Gasteiger charge is 2.31. The van der Waals surface area contributed by atoms with Gasteiger partial charge in [0.1, 0.15) is 5.75 Å². The summed E-state index contributed by atoms with van der Waals surface area (Å²) in [7, 11) is 3.29. The van der Waals surface area contributed by atoms with Gasteiger partial charge in [-0.1, -0.05) is 29.3 Å². The van der Waals surface area contributed by atoms with Crippen LogP contribution in [0.2, 0.25) is 10.0 Å². The first-order valence-corrected chi connectivity index (χ1v) is 10.2. The van der Waals surface area contributed by atoms with E-state index in [2.05, 4.69) is 0 Å². The molecule has 2 aromatic rings. The first-order chi connectivity index (χ1) is 13.8. The van der Waals surface area contributed by atoms with Crippen molar-refractivity contribution in [3.8, 4) is 5.75 Å².